The number of imidazole rings is 1. The van der Waals surface area contributed by atoms with Gasteiger partial charge in [-0.2, -0.15) is 5.10 Å². The van der Waals surface area contributed by atoms with Crippen LogP contribution in [0.15, 0.2) is 29.3 Å². The Bertz CT molecular complexity index is 1190. The molecule has 2 fully saturated rings. The lowest BCUT2D eigenvalue weighted by atomic mass is 9.77. The summed E-state index contributed by atoms with van der Waals surface area (Å²) in [5, 5.41) is 4.28. The predicted octanol–water partition coefficient (Wildman–Crippen LogP) is 1.81. The minimum absolute atomic E-state index is 0.0169. The van der Waals surface area contributed by atoms with Crippen LogP contribution in [0.25, 0.3) is 5.65 Å². The number of carbonyl (C=O) groups excluding carboxylic acids is 1. The van der Waals surface area contributed by atoms with E-state index < -0.39 is 0 Å². The third-order valence-electron chi connectivity index (χ3n) is 6.71. The van der Waals surface area contributed by atoms with Crippen molar-refractivity contribution in [3.63, 3.8) is 0 Å². The van der Waals surface area contributed by atoms with Crippen LogP contribution < -0.4 is 5.56 Å². The predicted molar refractivity (Wildman–Crippen MR) is 105 cm³/mol. The number of H-pyrrole nitrogens is 1. The van der Waals surface area contributed by atoms with Crippen molar-refractivity contribution < 1.29 is 4.79 Å². The first-order chi connectivity index (χ1) is 14.1. The minimum atomic E-state index is -0.213. The molecule has 0 bridgehead atoms. The molecular weight excluding hydrogens is 368 g/mol. The summed E-state index contributed by atoms with van der Waals surface area (Å²) in [4.78, 5) is 40.1. The van der Waals surface area contributed by atoms with E-state index in [1.165, 1.54) is 0 Å². The molecule has 1 spiro atoms. The number of nitrogens with zero attached hydrogens (tertiary/aromatic N) is 5. The van der Waals surface area contributed by atoms with Crippen molar-refractivity contribution in [2.75, 3.05) is 13.1 Å². The third kappa shape index (κ3) is 2.54. The van der Waals surface area contributed by atoms with Gasteiger partial charge in [-0.25, -0.2) is 14.5 Å². The van der Waals surface area contributed by atoms with Crippen molar-refractivity contribution in [3.05, 3.63) is 57.7 Å². The Kier molecular flexibility index (Phi) is 3.48. The average Bonchev–Trinajstić information content (AvgIpc) is 3.42. The number of rotatable bonds is 2. The summed E-state index contributed by atoms with van der Waals surface area (Å²) in [7, 11) is 0. The van der Waals surface area contributed by atoms with Gasteiger partial charge in [0.1, 0.15) is 5.82 Å². The van der Waals surface area contributed by atoms with E-state index in [0.717, 1.165) is 55.6 Å². The number of nitrogens with one attached hydrogen (secondary N) is 1. The maximum absolute atomic E-state index is 13.3. The van der Waals surface area contributed by atoms with E-state index in [-0.39, 0.29) is 16.9 Å². The van der Waals surface area contributed by atoms with E-state index in [1.54, 1.807) is 16.9 Å². The molecule has 1 unspecified atom stereocenters. The lowest BCUT2D eigenvalue weighted by molar-refractivity contribution is 0.0625. The molecule has 1 atom stereocenters. The van der Waals surface area contributed by atoms with E-state index in [2.05, 4.69) is 15.1 Å². The first-order valence-electron chi connectivity index (χ1n) is 10.4. The monoisotopic (exact) mass is 390 g/mol. The van der Waals surface area contributed by atoms with Gasteiger partial charge in [0.25, 0.3) is 11.5 Å². The molecule has 1 N–H and O–H groups in total. The number of carbonyl (C=O) groups is 1. The van der Waals surface area contributed by atoms with Gasteiger partial charge in [-0.3, -0.25) is 9.59 Å². The molecule has 0 radical (unpaired) electrons. The quantitative estimate of drug-likeness (QED) is 0.720. The molecule has 8 nitrogen and oxygen atoms in total. The highest BCUT2D eigenvalue weighted by Crippen LogP contribution is 2.45. The SMILES string of the molecule is O=C(c1cnc2cccnn12)N1CCCC2(CCc3c2nc(C2CC2)[nH]c3=O)C1. The number of hydrogen-bond donors (Lipinski definition) is 1. The zero-order chi connectivity index (χ0) is 19.6. The van der Waals surface area contributed by atoms with Crippen molar-refractivity contribution in [3.8, 4) is 0 Å². The molecule has 3 aromatic rings. The molecule has 2 aliphatic carbocycles. The Morgan fingerprint density at radius 3 is 3.03 bits per heavy atom. The lowest BCUT2D eigenvalue weighted by Gasteiger charge is -2.40. The maximum Gasteiger partial charge on any atom is 0.274 e. The molecule has 8 heteroatoms. The van der Waals surface area contributed by atoms with Crippen molar-refractivity contribution in [1.82, 2.24) is 29.5 Å². The van der Waals surface area contributed by atoms with Gasteiger partial charge in [-0.15, -0.1) is 0 Å². The van der Waals surface area contributed by atoms with Gasteiger partial charge >= 0.3 is 0 Å². The van der Waals surface area contributed by atoms with Crippen LogP contribution in [0.4, 0.5) is 0 Å². The van der Waals surface area contributed by atoms with Crippen LogP contribution in [-0.2, 0) is 11.8 Å². The number of hydrogen-bond acceptors (Lipinski definition) is 5. The van der Waals surface area contributed by atoms with Crippen LogP contribution in [-0.4, -0.2) is 48.5 Å². The number of fused-ring (bicyclic) bond motifs is 3. The highest BCUT2D eigenvalue weighted by Gasteiger charge is 2.46. The molecule has 1 amide bonds. The number of amides is 1. The van der Waals surface area contributed by atoms with Gasteiger partial charge in [-0.05, 0) is 50.7 Å². The summed E-state index contributed by atoms with van der Waals surface area (Å²) in [6.07, 6.45) is 8.94. The Morgan fingerprint density at radius 1 is 1.28 bits per heavy atom. The van der Waals surface area contributed by atoms with Crippen LogP contribution in [0, 0.1) is 0 Å². The summed E-state index contributed by atoms with van der Waals surface area (Å²) in [6.45, 7) is 1.30. The molecule has 3 aromatic heterocycles. The first-order valence-corrected chi connectivity index (χ1v) is 10.4. The molecule has 6 rings (SSSR count). The second kappa shape index (κ2) is 5.98. The maximum atomic E-state index is 13.3. The van der Waals surface area contributed by atoms with E-state index in [0.29, 0.717) is 30.3 Å². The summed E-state index contributed by atoms with van der Waals surface area (Å²) in [6, 6.07) is 3.65. The second-order valence-electron chi connectivity index (χ2n) is 8.60. The van der Waals surface area contributed by atoms with Gasteiger partial charge in [0.2, 0.25) is 0 Å². The Balaban J connectivity index is 1.36. The smallest absolute Gasteiger partial charge is 0.274 e. The molecule has 148 valence electrons. The summed E-state index contributed by atoms with van der Waals surface area (Å²) >= 11 is 0. The summed E-state index contributed by atoms with van der Waals surface area (Å²) in [5.74, 6) is 1.18. The van der Waals surface area contributed by atoms with Crippen molar-refractivity contribution in [2.24, 2.45) is 0 Å². The molecule has 0 aromatic carbocycles. The van der Waals surface area contributed by atoms with Gasteiger partial charge in [-0.1, -0.05) is 0 Å². The number of aromatic nitrogens is 5. The Morgan fingerprint density at radius 2 is 2.17 bits per heavy atom. The van der Waals surface area contributed by atoms with Crippen LogP contribution in [0.1, 0.15) is 65.6 Å². The van der Waals surface area contributed by atoms with Crippen LogP contribution in [0.3, 0.4) is 0 Å². The van der Waals surface area contributed by atoms with Gasteiger partial charge < -0.3 is 9.88 Å². The van der Waals surface area contributed by atoms with E-state index in [1.807, 2.05) is 17.0 Å². The number of likely N-dealkylation sites (tertiary alicyclic amines) is 1. The minimum Gasteiger partial charge on any atom is -0.336 e. The van der Waals surface area contributed by atoms with Crippen LogP contribution >= 0.6 is 0 Å². The standard InChI is InChI=1S/C21H22N6O2/c28-19-14-6-8-21(17(14)24-18(25-19)13-4-5-13)7-2-10-26(12-21)20(29)15-11-22-16-3-1-9-23-27(15)16/h1,3,9,11,13H,2,4-8,10,12H2,(H,24,25,28). The van der Waals surface area contributed by atoms with Crippen molar-refractivity contribution in [1.29, 1.82) is 0 Å². The zero-order valence-electron chi connectivity index (χ0n) is 16.1. The summed E-state index contributed by atoms with van der Waals surface area (Å²) < 4.78 is 1.60. The molecular formula is C21H22N6O2. The van der Waals surface area contributed by atoms with Crippen molar-refractivity contribution in [2.45, 2.75) is 49.9 Å². The third-order valence-corrected chi connectivity index (χ3v) is 6.71. The van der Waals surface area contributed by atoms with E-state index >= 15 is 0 Å². The fourth-order valence-corrected chi connectivity index (χ4v) is 5.06. The van der Waals surface area contributed by atoms with Crippen molar-refractivity contribution >= 4 is 11.6 Å². The highest BCUT2D eigenvalue weighted by atomic mass is 16.2. The number of aromatic amines is 1. The van der Waals surface area contributed by atoms with Crippen LogP contribution in [0.5, 0.6) is 0 Å². The highest BCUT2D eigenvalue weighted by molar-refractivity contribution is 5.93. The Labute approximate surface area is 167 Å². The normalized spacial score (nSPS) is 23.7. The van der Waals surface area contributed by atoms with Gasteiger partial charge in [0.05, 0.1) is 11.9 Å². The van der Waals surface area contributed by atoms with E-state index in [9.17, 15) is 9.59 Å². The second-order valence-corrected chi connectivity index (χ2v) is 8.60. The first kappa shape index (κ1) is 16.9. The molecule has 1 saturated carbocycles. The average molecular weight is 390 g/mol. The molecule has 4 heterocycles. The van der Waals surface area contributed by atoms with Crippen LogP contribution in [0.2, 0.25) is 0 Å². The Hall–Kier alpha value is -3.03. The topological polar surface area (TPSA) is 96.2 Å². The van der Waals surface area contributed by atoms with Gasteiger partial charge in [0.15, 0.2) is 11.3 Å². The molecule has 29 heavy (non-hydrogen) atoms. The fraction of sp³-hybridized carbons (Fsp3) is 0.476. The molecule has 3 aliphatic rings. The van der Waals surface area contributed by atoms with Gasteiger partial charge in [0, 0.05) is 36.2 Å². The largest absolute Gasteiger partial charge is 0.336 e. The zero-order valence-corrected chi connectivity index (χ0v) is 16.1. The molecule has 1 saturated heterocycles. The fourth-order valence-electron chi connectivity index (χ4n) is 5.06. The van der Waals surface area contributed by atoms with E-state index in [4.69, 9.17) is 4.98 Å². The lowest BCUT2D eigenvalue weighted by Crippen LogP contribution is -2.48. The summed E-state index contributed by atoms with van der Waals surface area (Å²) in [5.41, 5.74) is 2.71. The molecule has 1 aliphatic heterocycles. The number of piperidine rings is 1.